The number of halogens is 3. The van der Waals surface area contributed by atoms with Crippen molar-refractivity contribution >= 4 is 5.97 Å². The van der Waals surface area contributed by atoms with Gasteiger partial charge in [-0.25, -0.2) is 9.78 Å². The Morgan fingerprint density at radius 1 is 1.45 bits per heavy atom. The van der Waals surface area contributed by atoms with Crippen LogP contribution >= 0.6 is 0 Å². The maximum Gasteiger partial charge on any atom is 0.435 e. The van der Waals surface area contributed by atoms with Crippen LogP contribution in [0.1, 0.15) is 35.4 Å². The summed E-state index contributed by atoms with van der Waals surface area (Å²) in [6, 6.07) is 0. The maximum atomic E-state index is 12.6. The van der Waals surface area contributed by atoms with E-state index >= 15 is 0 Å². The highest BCUT2D eigenvalue weighted by Gasteiger charge is 2.41. The van der Waals surface area contributed by atoms with E-state index in [0.29, 0.717) is 6.61 Å². The molecule has 0 radical (unpaired) electrons. The van der Waals surface area contributed by atoms with Gasteiger partial charge in [0.2, 0.25) is 0 Å². The Morgan fingerprint density at radius 3 is 2.65 bits per heavy atom. The lowest BCUT2D eigenvalue weighted by Gasteiger charge is -2.40. The van der Waals surface area contributed by atoms with Crippen LogP contribution < -0.4 is 0 Å². The predicted octanol–water partition coefficient (Wildman–Crippen LogP) is 2.40. The van der Waals surface area contributed by atoms with Crippen LogP contribution in [0.2, 0.25) is 0 Å². The van der Waals surface area contributed by atoms with Crippen LogP contribution in [-0.2, 0) is 15.7 Å². The SMILES string of the molecule is COCC1(COC(=O)c2[nH]cnc2C(F)(F)F)CCC1. The van der Waals surface area contributed by atoms with Crippen LogP contribution in [0.3, 0.4) is 0 Å². The van der Waals surface area contributed by atoms with Crippen molar-refractivity contribution in [2.75, 3.05) is 20.3 Å². The van der Waals surface area contributed by atoms with Crippen LogP contribution in [-0.4, -0.2) is 36.3 Å². The van der Waals surface area contributed by atoms with Crippen LogP contribution in [0.5, 0.6) is 0 Å². The Kier molecular flexibility index (Phi) is 4.03. The Bertz CT molecular complexity index is 481. The van der Waals surface area contributed by atoms with Gasteiger partial charge in [-0.3, -0.25) is 0 Å². The standard InChI is InChI=1S/C12H15F3N2O3/c1-19-5-11(3-2-4-11)6-20-10(18)8-9(12(13,14)15)17-7-16-8/h7H,2-6H2,1H3,(H,16,17). The van der Waals surface area contributed by atoms with Crippen molar-refractivity contribution in [2.24, 2.45) is 5.41 Å². The molecule has 0 bridgehead atoms. The van der Waals surface area contributed by atoms with E-state index in [9.17, 15) is 18.0 Å². The number of hydrogen-bond acceptors (Lipinski definition) is 4. The first-order valence-corrected chi connectivity index (χ1v) is 6.15. The molecule has 0 amide bonds. The van der Waals surface area contributed by atoms with Gasteiger partial charge in [0.15, 0.2) is 11.4 Å². The molecule has 1 aliphatic rings. The van der Waals surface area contributed by atoms with Gasteiger partial charge in [-0.15, -0.1) is 0 Å². The molecule has 1 aromatic rings. The molecule has 1 aromatic heterocycles. The summed E-state index contributed by atoms with van der Waals surface area (Å²) in [5.41, 5.74) is -2.18. The number of imidazole rings is 1. The van der Waals surface area contributed by atoms with E-state index in [0.717, 1.165) is 25.6 Å². The van der Waals surface area contributed by atoms with E-state index in [1.165, 1.54) is 0 Å². The maximum absolute atomic E-state index is 12.6. The quantitative estimate of drug-likeness (QED) is 0.846. The second-order valence-corrected chi connectivity index (χ2v) is 4.99. The third kappa shape index (κ3) is 2.95. The van der Waals surface area contributed by atoms with Crippen LogP contribution in [0.15, 0.2) is 6.33 Å². The van der Waals surface area contributed by atoms with Crippen molar-refractivity contribution in [1.29, 1.82) is 0 Å². The number of nitrogens with zero attached hydrogens (tertiary/aromatic N) is 1. The lowest BCUT2D eigenvalue weighted by atomic mass is 9.70. The molecule has 0 aromatic carbocycles. The summed E-state index contributed by atoms with van der Waals surface area (Å²) in [6.07, 6.45) is -1.19. The van der Waals surface area contributed by atoms with Crippen molar-refractivity contribution in [1.82, 2.24) is 9.97 Å². The molecule has 1 saturated carbocycles. The lowest BCUT2D eigenvalue weighted by molar-refractivity contribution is -0.141. The third-order valence-corrected chi connectivity index (χ3v) is 3.49. The number of aromatic amines is 1. The molecule has 2 rings (SSSR count). The number of methoxy groups -OCH3 is 1. The number of hydrogen-bond donors (Lipinski definition) is 1. The number of carbonyl (C=O) groups is 1. The molecule has 1 fully saturated rings. The topological polar surface area (TPSA) is 64.2 Å². The second-order valence-electron chi connectivity index (χ2n) is 4.99. The van der Waals surface area contributed by atoms with Crippen LogP contribution in [0, 0.1) is 5.41 Å². The predicted molar refractivity (Wildman–Crippen MR) is 62.0 cm³/mol. The Labute approximate surface area is 113 Å². The van der Waals surface area contributed by atoms with Crippen molar-refractivity contribution in [2.45, 2.75) is 25.4 Å². The molecular weight excluding hydrogens is 277 g/mol. The first-order valence-electron chi connectivity index (χ1n) is 6.15. The van der Waals surface area contributed by atoms with Gasteiger partial charge in [0.05, 0.1) is 19.5 Å². The fourth-order valence-electron chi connectivity index (χ4n) is 2.27. The summed E-state index contributed by atoms with van der Waals surface area (Å²) in [4.78, 5) is 17.0. The average molecular weight is 292 g/mol. The minimum Gasteiger partial charge on any atom is -0.460 e. The fraction of sp³-hybridized carbons (Fsp3) is 0.667. The highest BCUT2D eigenvalue weighted by molar-refractivity contribution is 5.88. The number of aromatic nitrogens is 2. The molecule has 0 atom stereocenters. The molecule has 8 heteroatoms. The fourth-order valence-corrected chi connectivity index (χ4v) is 2.27. The summed E-state index contributed by atoms with van der Waals surface area (Å²) in [6.45, 7) is 0.478. The monoisotopic (exact) mass is 292 g/mol. The number of carbonyl (C=O) groups excluding carboxylic acids is 1. The lowest BCUT2D eigenvalue weighted by Crippen LogP contribution is -2.39. The zero-order chi connectivity index (χ0) is 14.8. The summed E-state index contributed by atoms with van der Waals surface area (Å²) in [5.74, 6) is -1.04. The molecule has 0 saturated heterocycles. The minimum atomic E-state index is -4.69. The highest BCUT2D eigenvalue weighted by atomic mass is 19.4. The molecule has 1 aliphatic carbocycles. The molecule has 1 N–H and O–H groups in total. The number of alkyl halides is 3. The molecule has 1 heterocycles. The van der Waals surface area contributed by atoms with E-state index in [1.807, 2.05) is 0 Å². The minimum absolute atomic E-state index is 0.0516. The van der Waals surface area contributed by atoms with Crippen molar-refractivity contribution in [3.8, 4) is 0 Å². The number of ether oxygens (including phenoxy) is 2. The zero-order valence-electron chi connectivity index (χ0n) is 10.9. The summed E-state index contributed by atoms with van der Waals surface area (Å²) in [5, 5.41) is 0. The summed E-state index contributed by atoms with van der Waals surface area (Å²) < 4.78 is 47.9. The van der Waals surface area contributed by atoms with E-state index in [2.05, 4.69) is 9.97 Å². The first-order chi connectivity index (χ1) is 9.38. The molecule has 0 aliphatic heterocycles. The Morgan fingerprint density at radius 2 is 2.15 bits per heavy atom. The van der Waals surface area contributed by atoms with Crippen molar-refractivity contribution in [3.63, 3.8) is 0 Å². The van der Waals surface area contributed by atoms with E-state index in [4.69, 9.17) is 9.47 Å². The van der Waals surface area contributed by atoms with Gasteiger partial charge in [-0.2, -0.15) is 13.2 Å². The number of H-pyrrole nitrogens is 1. The third-order valence-electron chi connectivity index (χ3n) is 3.49. The van der Waals surface area contributed by atoms with E-state index in [-0.39, 0.29) is 12.0 Å². The van der Waals surface area contributed by atoms with Crippen molar-refractivity contribution < 1.29 is 27.4 Å². The molecule has 20 heavy (non-hydrogen) atoms. The van der Waals surface area contributed by atoms with Crippen molar-refractivity contribution in [3.05, 3.63) is 17.7 Å². The molecular formula is C12H15F3N2O3. The number of nitrogens with one attached hydrogen (secondary N) is 1. The van der Waals surface area contributed by atoms with E-state index in [1.54, 1.807) is 7.11 Å². The highest BCUT2D eigenvalue weighted by Crippen LogP contribution is 2.41. The number of esters is 1. The van der Waals surface area contributed by atoms with Gasteiger partial charge in [0.25, 0.3) is 0 Å². The van der Waals surface area contributed by atoms with Gasteiger partial charge >= 0.3 is 12.1 Å². The second kappa shape index (κ2) is 5.43. The van der Waals surface area contributed by atoms with E-state index < -0.39 is 23.5 Å². The van der Waals surface area contributed by atoms with Gasteiger partial charge < -0.3 is 14.5 Å². The summed E-state index contributed by atoms with van der Waals surface area (Å²) >= 11 is 0. The largest absolute Gasteiger partial charge is 0.460 e. The van der Waals surface area contributed by atoms with Crippen LogP contribution in [0.25, 0.3) is 0 Å². The Balaban J connectivity index is 2.01. The molecule has 5 nitrogen and oxygen atoms in total. The molecule has 0 unspecified atom stereocenters. The summed E-state index contributed by atoms with van der Waals surface area (Å²) in [7, 11) is 1.54. The van der Waals surface area contributed by atoms with Gasteiger partial charge in [-0.05, 0) is 12.8 Å². The smallest absolute Gasteiger partial charge is 0.435 e. The van der Waals surface area contributed by atoms with Crippen LogP contribution in [0.4, 0.5) is 13.2 Å². The van der Waals surface area contributed by atoms with Gasteiger partial charge in [-0.1, -0.05) is 6.42 Å². The molecule has 0 spiro atoms. The zero-order valence-corrected chi connectivity index (χ0v) is 10.9. The average Bonchev–Trinajstić information content (AvgIpc) is 2.80. The molecule has 112 valence electrons. The Hall–Kier alpha value is -1.57. The normalized spacial score (nSPS) is 17.6. The van der Waals surface area contributed by atoms with Gasteiger partial charge in [0.1, 0.15) is 0 Å². The van der Waals surface area contributed by atoms with Gasteiger partial charge in [0, 0.05) is 12.5 Å². The first kappa shape index (κ1) is 14.8. The number of rotatable bonds is 5.